The van der Waals surface area contributed by atoms with Crippen LogP contribution in [0.1, 0.15) is 12.5 Å². The first kappa shape index (κ1) is 19.0. The molecule has 3 rings (SSSR count). The largest absolute Gasteiger partial charge is 0.323 e. The maximum absolute atomic E-state index is 13.6. The Morgan fingerprint density at radius 3 is 2.70 bits per heavy atom. The van der Waals surface area contributed by atoms with Gasteiger partial charge in [0.1, 0.15) is 11.6 Å². The maximum atomic E-state index is 13.6. The second-order valence-electron chi connectivity index (χ2n) is 5.88. The Morgan fingerprint density at radius 1 is 1.19 bits per heavy atom. The van der Waals surface area contributed by atoms with Crippen molar-refractivity contribution in [1.29, 1.82) is 0 Å². The third-order valence-electron chi connectivity index (χ3n) is 3.85. The molecule has 8 heteroatoms. The van der Waals surface area contributed by atoms with Crippen LogP contribution < -0.4 is 5.32 Å². The quantitative estimate of drug-likeness (QED) is 0.640. The molecular weight excluding hydrogens is 370 g/mol. The van der Waals surface area contributed by atoms with Gasteiger partial charge in [0.2, 0.25) is 5.91 Å². The highest BCUT2D eigenvalue weighted by atomic mass is 32.2. The van der Waals surface area contributed by atoms with Gasteiger partial charge in [-0.2, -0.15) is 0 Å². The fourth-order valence-electron chi connectivity index (χ4n) is 2.59. The first-order valence-electron chi connectivity index (χ1n) is 8.36. The first-order chi connectivity index (χ1) is 13.0. The molecule has 1 N–H and O–H groups in total. The first-order valence-corrected chi connectivity index (χ1v) is 9.34. The minimum Gasteiger partial charge on any atom is -0.323 e. The molecule has 0 unspecified atom stereocenters. The number of benzene rings is 2. The van der Waals surface area contributed by atoms with Crippen LogP contribution >= 0.6 is 11.8 Å². The molecule has 27 heavy (non-hydrogen) atoms. The minimum absolute atomic E-state index is 0.0305. The van der Waals surface area contributed by atoms with Crippen LogP contribution in [0.2, 0.25) is 0 Å². The van der Waals surface area contributed by atoms with Crippen molar-refractivity contribution in [3.63, 3.8) is 0 Å². The Kier molecular flexibility index (Phi) is 5.85. The maximum Gasteiger partial charge on any atom is 0.234 e. The monoisotopic (exact) mass is 388 g/mol. The summed E-state index contributed by atoms with van der Waals surface area (Å²) in [6.45, 7) is 4.62. The van der Waals surface area contributed by atoms with Crippen molar-refractivity contribution in [1.82, 2.24) is 14.8 Å². The van der Waals surface area contributed by atoms with Crippen molar-refractivity contribution in [2.75, 3.05) is 11.1 Å². The van der Waals surface area contributed by atoms with Gasteiger partial charge in [0.05, 0.1) is 11.4 Å². The normalized spacial score (nSPS) is 10.8. The van der Waals surface area contributed by atoms with Crippen LogP contribution in [0.3, 0.4) is 0 Å². The SMILES string of the molecule is CCn1c(SCC(=O)Nc2ccc(F)cc2F)nnc1-c1cccc(C)c1. The van der Waals surface area contributed by atoms with Crippen LogP contribution in [0.15, 0.2) is 47.6 Å². The summed E-state index contributed by atoms with van der Waals surface area (Å²) >= 11 is 1.21. The second kappa shape index (κ2) is 8.30. The highest BCUT2D eigenvalue weighted by Gasteiger charge is 2.15. The number of thioether (sulfide) groups is 1. The van der Waals surface area contributed by atoms with Gasteiger partial charge in [0.25, 0.3) is 0 Å². The number of hydrogen-bond acceptors (Lipinski definition) is 4. The van der Waals surface area contributed by atoms with E-state index in [2.05, 4.69) is 15.5 Å². The van der Waals surface area contributed by atoms with E-state index < -0.39 is 17.5 Å². The van der Waals surface area contributed by atoms with Gasteiger partial charge in [-0.05, 0) is 32.0 Å². The molecule has 0 fully saturated rings. The van der Waals surface area contributed by atoms with Crippen molar-refractivity contribution in [3.05, 3.63) is 59.7 Å². The van der Waals surface area contributed by atoms with Crippen molar-refractivity contribution >= 4 is 23.4 Å². The Morgan fingerprint density at radius 2 is 2.00 bits per heavy atom. The van der Waals surface area contributed by atoms with E-state index in [0.29, 0.717) is 11.7 Å². The van der Waals surface area contributed by atoms with Gasteiger partial charge >= 0.3 is 0 Å². The van der Waals surface area contributed by atoms with Crippen LogP contribution in [-0.4, -0.2) is 26.4 Å². The van der Waals surface area contributed by atoms with E-state index in [9.17, 15) is 13.6 Å². The van der Waals surface area contributed by atoms with Crippen LogP contribution in [0, 0.1) is 18.6 Å². The van der Waals surface area contributed by atoms with Gasteiger partial charge in [-0.25, -0.2) is 8.78 Å². The molecule has 3 aromatic rings. The van der Waals surface area contributed by atoms with Crippen molar-refractivity contribution in [2.24, 2.45) is 0 Å². The molecule has 1 heterocycles. The number of amides is 1. The van der Waals surface area contributed by atoms with E-state index in [1.54, 1.807) is 0 Å². The summed E-state index contributed by atoms with van der Waals surface area (Å²) in [5, 5.41) is 11.4. The molecule has 1 amide bonds. The predicted octanol–water partition coefficient (Wildman–Crippen LogP) is 4.28. The number of anilines is 1. The lowest BCUT2D eigenvalue weighted by atomic mass is 10.1. The molecule has 0 radical (unpaired) electrons. The fraction of sp³-hybridized carbons (Fsp3) is 0.211. The smallest absolute Gasteiger partial charge is 0.234 e. The Bertz CT molecular complexity index is 974. The van der Waals surface area contributed by atoms with E-state index in [1.807, 2.05) is 42.7 Å². The number of carbonyl (C=O) groups is 1. The van der Waals surface area contributed by atoms with E-state index in [-0.39, 0.29) is 11.4 Å². The molecular formula is C19H18F2N4OS. The number of rotatable bonds is 6. The Labute approximate surface area is 159 Å². The minimum atomic E-state index is -0.813. The highest BCUT2D eigenvalue weighted by Crippen LogP contribution is 2.25. The van der Waals surface area contributed by atoms with Crippen molar-refractivity contribution in [2.45, 2.75) is 25.5 Å². The van der Waals surface area contributed by atoms with E-state index in [4.69, 9.17) is 0 Å². The third kappa shape index (κ3) is 4.51. The average molecular weight is 388 g/mol. The number of nitrogens with zero attached hydrogens (tertiary/aromatic N) is 3. The topological polar surface area (TPSA) is 59.8 Å². The third-order valence-corrected chi connectivity index (χ3v) is 4.81. The number of carbonyl (C=O) groups excluding carboxylic acids is 1. The molecule has 0 spiro atoms. The molecule has 0 bridgehead atoms. The van der Waals surface area contributed by atoms with Gasteiger partial charge in [-0.15, -0.1) is 10.2 Å². The van der Waals surface area contributed by atoms with Crippen molar-refractivity contribution < 1.29 is 13.6 Å². The zero-order chi connectivity index (χ0) is 19.4. The zero-order valence-electron chi connectivity index (χ0n) is 14.9. The molecule has 0 aliphatic carbocycles. The second-order valence-corrected chi connectivity index (χ2v) is 6.82. The molecule has 0 aliphatic rings. The molecule has 1 aromatic heterocycles. The molecule has 0 atom stereocenters. The van der Waals surface area contributed by atoms with Crippen LogP contribution in [0.25, 0.3) is 11.4 Å². The number of nitrogens with one attached hydrogen (secondary N) is 1. The number of hydrogen-bond donors (Lipinski definition) is 1. The number of halogens is 2. The Balaban J connectivity index is 1.70. The van der Waals surface area contributed by atoms with Crippen LogP contribution in [-0.2, 0) is 11.3 Å². The molecule has 140 valence electrons. The summed E-state index contributed by atoms with van der Waals surface area (Å²) in [6, 6.07) is 11.0. The number of aryl methyl sites for hydroxylation is 1. The lowest BCUT2D eigenvalue weighted by molar-refractivity contribution is -0.113. The summed E-state index contributed by atoms with van der Waals surface area (Å²) in [7, 11) is 0. The summed E-state index contributed by atoms with van der Waals surface area (Å²) < 4.78 is 28.5. The van der Waals surface area contributed by atoms with Gasteiger partial charge in [0.15, 0.2) is 11.0 Å². The predicted molar refractivity (Wildman–Crippen MR) is 102 cm³/mol. The lowest BCUT2D eigenvalue weighted by Gasteiger charge is -2.08. The molecule has 2 aromatic carbocycles. The average Bonchev–Trinajstić information content (AvgIpc) is 3.05. The molecule has 5 nitrogen and oxygen atoms in total. The van der Waals surface area contributed by atoms with E-state index >= 15 is 0 Å². The Hall–Kier alpha value is -2.74. The molecule has 0 aliphatic heterocycles. The summed E-state index contributed by atoms with van der Waals surface area (Å²) in [6.07, 6.45) is 0. The highest BCUT2D eigenvalue weighted by molar-refractivity contribution is 7.99. The molecule has 0 saturated carbocycles. The summed E-state index contributed by atoms with van der Waals surface area (Å²) in [4.78, 5) is 12.1. The zero-order valence-corrected chi connectivity index (χ0v) is 15.7. The van der Waals surface area contributed by atoms with Gasteiger partial charge < -0.3 is 9.88 Å². The van der Waals surface area contributed by atoms with Crippen molar-refractivity contribution in [3.8, 4) is 11.4 Å². The molecule has 0 saturated heterocycles. The van der Waals surface area contributed by atoms with E-state index in [1.165, 1.54) is 17.8 Å². The standard InChI is InChI=1S/C19H18F2N4OS/c1-3-25-18(13-6-4-5-12(2)9-13)23-24-19(25)27-11-17(26)22-16-8-7-14(20)10-15(16)21/h4-10H,3,11H2,1-2H3,(H,22,26). The van der Waals surface area contributed by atoms with Crippen LogP contribution in [0.5, 0.6) is 0 Å². The van der Waals surface area contributed by atoms with Crippen LogP contribution in [0.4, 0.5) is 14.5 Å². The lowest BCUT2D eigenvalue weighted by Crippen LogP contribution is -2.15. The van der Waals surface area contributed by atoms with Gasteiger partial charge in [-0.3, -0.25) is 4.79 Å². The van der Waals surface area contributed by atoms with E-state index in [0.717, 1.165) is 29.1 Å². The van der Waals surface area contributed by atoms with Gasteiger partial charge in [-0.1, -0.05) is 35.5 Å². The summed E-state index contributed by atoms with van der Waals surface area (Å²) in [5.74, 6) is -1.16. The fourth-order valence-corrected chi connectivity index (χ4v) is 3.39. The number of aromatic nitrogens is 3. The van der Waals surface area contributed by atoms with Gasteiger partial charge in [0, 0.05) is 18.2 Å². The summed E-state index contributed by atoms with van der Waals surface area (Å²) in [5.41, 5.74) is 2.02.